The normalized spacial score (nSPS) is 11.4. The summed E-state index contributed by atoms with van der Waals surface area (Å²) in [6.45, 7) is 1.37. The number of hydrogen-bond acceptors (Lipinski definition) is 5. The number of rotatable bonds is 7. The molecule has 0 aliphatic heterocycles. The summed E-state index contributed by atoms with van der Waals surface area (Å²) in [7, 11) is 2.86. The standard InChI is InChI=1S/C19H19Cl2NO5/c1-11(12-5-4-6-14(20)7-12)22-17(23)10-27-19(24)13-8-15(21)18(26-3)16(9-13)25-2/h4-9,11H,10H2,1-3H3,(H,22,23)/t11-/m0/s1. The molecular formula is C19H19Cl2NO5. The molecule has 2 rings (SSSR count). The summed E-state index contributed by atoms with van der Waals surface area (Å²) in [4.78, 5) is 24.2. The average molecular weight is 412 g/mol. The third-order valence-electron chi connectivity index (χ3n) is 3.73. The van der Waals surface area contributed by atoms with Crippen molar-refractivity contribution in [2.45, 2.75) is 13.0 Å². The molecule has 0 aromatic heterocycles. The third-order valence-corrected chi connectivity index (χ3v) is 4.25. The summed E-state index contributed by atoms with van der Waals surface area (Å²) < 4.78 is 15.3. The van der Waals surface area contributed by atoms with Crippen molar-refractivity contribution in [2.24, 2.45) is 0 Å². The van der Waals surface area contributed by atoms with Crippen LogP contribution in [0, 0.1) is 0 Å². The molecule has 0 heterocycles. The number of amides is 1. The summed E-state index contributed by atoms with van der Waals surface area (Å²) in [5.74, 6) is -0.550. The van der Waals surface area contributed by atoms with E-state index < -0.39 is 18.5 Å². The van der Waals surface area contributed by atoms with Gasteiger partial charge in [0.15, 0.2) is 18.1 Å². The zero-order chi connectivity index (χ0) is 20.0. The van der Waals surface area contributed by atoms with E-state index in [1.165, 1.54) is 26.4 Å². The number of methoxy groups -OCH3 is 2. The number of esters is 1. The van der Waals surface area contributed by atoms with Crippen molar-refractivity contribution in [3.8, 4) is 11.5 Å². The molecule has 0 spiro atoms. The van der Waals surface area contributed by atoms with E-state index in [1.807, 2.05) is 6.07 Å². The van der Waals surface area contributed by atoms with Gasteiger partial charge in [-0.2, -0.15) is 0 Å². The molecule has 0 saturated heterocycles. The fourth-order valence-electron chi connectivity index (χ4n) is 2.39. The zero-order valence-electron chi connectivity index (χ0n) is 15.0. The second-order valence-corrected chi connectivity index (χ2v) is 6.46. The van der Waals surface area contributed by atoms with Gasteiger partial charge in [0, 0.05) is 5.02 Å². The zero-order valence-corrected chi connectivity index (χ0v) is 16.6. The third kappa shape index (κ3) is 5.52. The van der Waals surface area contributed by atoms with Gasteiger partial charge in [0.25, 0.3) is 5.91 Å². The monoisotopic (exact) mass is 411 g/mol. The highest BCUT2D eigenvalue weighted by atomic mass is 35.5. The van der Waals surface area contributed by atoms with Gasteiger partial charge < -0.3 is 19.5 Å². The van der Waals surface area contributed by atoms with Gasteiger partial charge in [-0.15, -0.1) is 0 Å². The van der Waals surface area contributed by atoms with Crippen LogP contribution in [0.3, 0.4) is 0 Å². The van der Waals surface area contributed by atoms with Gasteiger partial charge in [0.1, 0.15) is 0 Å². The fraction of sp³-hybridized carbons (Fsp3) is 0.263. The largest absolute Gasteiger partial charge is 0.493 e. The van der Waals surface area contributed by atoms with Crippen LogP contribution in [0.5, 0.6) is 11.5 Å². The Hall–Kier alpha value is -2.44. The number of carbonyl (C=O) groups excluding carboxylic acids is 2. The van der Waals surface area contributed by atoms with Crippen molar-refractivity contribution in [3.63, 3.8) is 0 Å². The Bertz CT molecular complexity index is 841. The summed E-state index contributed by atoms with van der Waals surface area (Å²) in [5, 5.41) is 3.51. The maximum atomic E-state index is 12.2. The second kappa shape index (κ2) is 9.48. The Labute approximate surface area is 167 Å². The predicted molar refractivity (Wildman–Crippen MR) is 103 cm³/mol. The van der Waals surface area contributed by atoms with Crippen LogP contribution in [0.25, 0.3) is 0 Å². The lowest BCUT2D eigenvalue weighted by Crippen LogP contribution is -2.31. The lowest BCUT2D eigenvalue weighted by Gasteiger charge is -2.15. The number of carbonyl (C=O) groups is 2. The summed E-state index contributed by atoms with van der Waals surface area (Å²) >= 11 is 12.0. The molecule has 6 nitrogen and oxygen atoms in total. The Balaban J connectivity index is 1.97. The van der Waals surface area contributed by atoms with E-state index in [0.29, 0.717) is 10.8 Å². The second-order valence-electron chi connectivity index (χ2n) is 5.61. The quantitative estimate of drug-likeness (QED) is 0.695. The van der Waals surface area contributed by atoms with Gasteiger partial charge in [-0.05, 0) is 36.8 Å². The van der Waals surface area contributed by atoms with Gasteiger partial charge >= 0.3 is 5.97 Å². The summed E-state index contributed by atoms with van der Waals surface area (Å²) in [6.07, 6.45) is 0. The van der Waals surface area contributed by atoms with Gasteiger partial charge in [0.2, 0.25) is 0 Å². The highest BCUT2D eigenvalue weighted by molar-refractivity contribution is 6.32. The van der Waals surface area contributed by atoms with Crippen molar-refractivity contribution in [2.75, 3.05) is 20.8 Å². The van der Waals surface area contributed by atoms with Crippen molar-refractivity contribution in [3.05, 3.63) is 57.6 Å². The molecule has 144 valence electrons. The van der Waals surface area contributed by atoms with E-state index in [2.05, 4.69) is 5.32 Å². The maximum absolute atomic E-state index is 12.2. The van der Waals surface area contributed by atoms with Gasteiger partial charge in [0.05, 0.1) is 30.8 Å². The Morgan fingerprint density at radius 1 is 1.11 bits per heavy atom. The van der Waals surface area contributed by atoms with Crippen LogP contribution in [-0.2, 0) is 9.53 Å². The first kappa shape index (κ1) is 20.9. The predicted octanol–water partition coefficient (Wildman–Crippen LogP) is 4.04. The molecule has 2 aromatic rings. The molecule has 8 heteroatoms. The van der Waals surface area contributed by atoms with E-state index in [1.54, 1.807) is 25.1 Å². The SMILES string of the molecule is COc1cc(C(=O)OCC(=O)N[C@@H](C)c2cccc(Cl)c2)cc(Cl)c1OC. The molecule has 27 heavy (non-hydrogen) atoms. The topological polar surface area (TPSA) is 73.9 Å². The number of nitrogens with one attached hydrogen (secondary N) is 1. The number of ether oxygens (including phenoxy) is 3. The lowest BCUT2D eigenvalue weighted by atomic mass is 10.1. The molecule has 1 amide bonds. The van der Waals surface area contributed by atoms with Crippen LogP contribution in [0.1, 0.15) is 28.9 Å². The highest BCUT2D eigenvalue weighted by Crippen LogP contribution is 2.36. The van der Waals surface area contributed by atoms with Crippen LogP contribution >= 0.6 is 23.2 Å². The Kier molecular flexibility index (Phi) is 7.33. The number of benzene rings is 2. The van der Waals surface area contributed by atoms with E-state index in [9.17, 15) is 9.59 Å². The molecule has 0 fully saturated rings. The van der Waals surface area contributed by atoms with Crippen LogP contribution in [0.2, 0.25) is 10.0 Å². The van der Waals surface area contributed by atoms with Gasteiger partial charge in [-0.25, -0.2) is 4.79 Å². The molecule has 0 saturated carbocycles. The highest BCUT2D eigenvalue weighted by Gasteiger charge is 2.18. The first-order valence-electron chi connectivity index (χ1n) is 7.99. The van der Waals surface area contributed by atoms with E-state index >= 15 is 0 Å². The Morgan fingerprint density at radius 2 is 1.85 bits per heavy atom. The van der Waals surface area contributed by atoms with Crippen LogP contribution in [0.15, 0.2) is 36.4 Å². The smallest absolute Gasteiger partial charge is 0.338 e. The molecular weight excluding hydrogens is 393 g/mol. The minimum Gasteiger partial charge on any atom is -0.493 e. The van der Waals surface area contributed by atoms with Crippen LogP contribution < -0.4 is 14.8 Å². The molecule has 1 N–H and O–H groups in total. The van der Waals surface area contributed by atoms with Crippen molar-refractivity contribution in [1.29, 1.82) is 0 Å². The van der Waals surface area contributed by atoms with E-state index in [-0.39, 0.29) is 22.4 Å². The van der Waals surface area contributed by atoms with Crippen LogP contribution in [0.4, 0.5) is 0 Å². The first-order chi connectivity index (χ1) is 12.8. The fourth-order valence-corrected chi connectivity index (χ4v) is 2.88. The Morgan fingerprint density at radius 3 is 2.48 bits per heavy atom. The minimum atomic E-state index is -0.705. The number of hydrogen-bond donors (Lipinski definition) is 1. The molecule has 0 bridgehead atoms. The van der Waals surface area contributed by atoms with Crippen molar-refractivity contribution in [1.82, 2.24) is 5.32 Å². The summed E-state index contributed by atoms with van der Waals surface area (Å²) in [5.41, 5.74) is 0.988. The van der Waals surface area contributed by atoms with Gasteiger partial charge in [-0.1, -0.05) is 35.3 Å². The van der Waals surface area contributed by atoms with Gasteiger partial charge in [-0.3, -0.25) is 4.79 Å². The first-order valence-corrected chi connectivity index (χ1v) is 8.74. The maximum Gasteiger partial charge on any atom is 0.338 e. The van der Waals surface area contributed by atoms with Crippen molar-refractivity contribution >= 4 is 35.1 Å². The molecule has 2 aromatic carbocycles. The van der Waals surface area contributed by atoms with Crippen molar-refractivity contribution < 1.29 is 23.8 Å². The molecule has 1 atom stereocenters. The minimum absolute atomic E-state index is 0.147. The summed E-state index contributed by atoms with van der Waals surface area (Å²) in [6, 6.07) is 9.66. The van der Waals surface area contributed by atoms with E-state index in [4.69, 9.17) is 37.4 Å². The molecule has 0 aliphatic rings. The average Bonchev–Trinajstić information content (AvgIpc) is 2.65. The molecule has 0 radical (unpaired) electrons. The lowest BCUT2D eigenvalue weighted by molar-refractivity contribution is -0.124. The van der Waals surface area contributed by atoms with E-state index in [0.717, 1.165) is 5.56 Å². The van der Waals surface area contributed by atoms with Crippen LogP contribution in [-0.4, -0.2) is 32.7 Å². The molecule has 0 unspecified atom stereocenters. The molecule has 0 aliphatic carbocycles. The number of halogens is 2.